The van der Waals surface area contributed by atoms with E-state index in [1.165, 1.54) is 5.69 Å². The maximum absolute atomic E-state index is 13.0. The molecule has 29 heavy (non-hydrogen) atoms. The number of benzene rings is 2. The van der Waals surface area contributed by atoms with E-state index in [1.807, 2.05) is 12.1 Å². The van der Waals surface area contributed by atoms with E-state index >= 15 is 0 Å². The zero-order valence-corrected chi connectivity index (χ0v) is 17.0. The van der Waals surface area contributed by atoms with Crippen molar-refractivity contribution in [1.82, 2.24) is 0 Å². The lowest BCUT2D eigenvalue weighted by Gasteiger charge is -2.34. The van der Waals surface area contributed by atoms with Crippen LogP contribution < -0.4 is 19.7 Å². The van der Waals surface area contributed by atoms with E-state index in [9.17, 15) is 4.79 Å². The van der Waals surface area contributed by atoms with Crippen molar-refractivity contribution in [3.63, 3.8) is 0 Å². The molecule has 1 N–H and O–H groups in total. The van der Waals surface area contributed by atoms with E-state index in [-0.39, 0.29) is 18.5 Å². The molecule has 0 radical (unpaired) electrons. The first-order chi connectivity index (χ1) is 14.2. The summed E-state index contributed by atoms with van der Waals surface area (Å²) in [4.78, 5) is 15.3. The minimum absolute atomic E-state index is 0.0747. The smallest absolute Gasteiger partial charge is 0.231 e. The first kappa shape index (κ1) is 18.1. The molecular weight excluding hydrogens is 364 g/mol. The number of carbonyl (C=O) groups is 1. The van der Waals surface area contributed by atoms with Crippen molar-refractivity contribution < 1.29 is 14.3 Å². The summed E-state index contributed by atoms with van der Waals surface area (Å²) in [6.07, 6.45) is 2.43. The van der Waals surface area contributed by atoms with Gasteiger partial charge in [-0.05, 0) is 56.0 Å². The van der Waals surface area contributed by atoms with Crippen LogP contribution in [0.4, 0.5) is 11.4 Å². The number of allylic oxidation sites excluding steroid dienone is 2. The molecule has 5 heteroatoms. The summed E-state index contributed by atoms with van der Waals surface area (Å²) in [6.45, 7) is 6.53. The Labute approximate surface area is 171 Å². The molecule has 5 rings (SSSR count). The molecule has 3 aliphatic rings. The summed E-state index contributed by atoms with van der Waals surface area (Å²) in [7, 11) is 0. The third kappa shape index (κ3) is 2.96. The van der Waals surface area contributed by atoms with E-state index in [0.29, 0.717) is 6.42 Å². The number of nitrogens with zero attached hydrogens (tertiary/aromatic N) is 1. The van der Waals surface area contributed by atoms with Crippen LogP contribution in [0.3, 0.4) is 0 Å². The fraction of sp³-hybridized carbons (Fsp3) is 0.375. The fourth-order valence-electron chi connectivity index (χ4n) is 4.76. The first-order valence-corrected chi connectivity index (χ1v) is 10.5. The van der Waals surface area contributed by atoms with E-state index in [4.69, 9.17) is 9.47 Å². The number of rotatable bonds is 4. The average Bonchev–Trinajstić information content (AvgIpc) is 3.20. The summed E-state index contributed by atoms with van der Waals surface area (Å²) in [5, 5.41) is 3.52. The van der Waals surface area contributed by atoms with E-state index in [1.54, 1.807) is 0 Å². The molecule has 1 unspecified atom stereocenters. The van der Waals surface area contributed by atoms with Gasteiger partial charge in [-0.1, -0.05) is 12.1 Å². The van der Waals surface area contributed by atoms with Crippen LogP contribution in [0.25, 0.3) is 0 Å². The van der Waals surface area contributed by atoms with Crippen molar-refractivity contribution in [2.75, 3.05) is 30.1 Å². The minimum atomic E-state index is -0.0747. The quantitative estimate of drug-likeness (QED) is 0.811. The molecule has 0 saturated heterocycles. The van der Waals surface area contributed by atoms with Crippen molar-refractivity contribution in [1.29, 1.82) is 0 Å². The molecule has 1 atom stereocenters. The lowest BCUT2D eigenvalue weighted by molar-refractivity contribution is -0.116. The van der Waals surface area contributed by atoms with Gasteiger partial charge in [0.15, 0.2) is 17.3 Å². The van der Waals surface area contributed by atoms with Crippen molar-refractivity contribution in [2.24, 2.45) is 0 Å². The van der Waals surface area contributed by atoms with E-state index in [0.717, 1.165) is 65.5 Å². The molecule has 1 aliphatic carbocycles. The van der Waals surface area contributed by atoms with Gasteiger partial charge in [0.2, 0.25) is 6.79 Å². The fourth-order valence-corrected chi connectivity index (χ4v) is 4.76. The largest absolute Gasteiger partial charge is 0.454 e. The molecule has 0 saturated carbocycles. The number of ketones is 1. The standard InChI is InChI=1S/C24H26N2O3/c1-3-26(4-2)16-10-8-15(9-11-16)23-17-12-21-22(29-14-28-21)13-19(17)25-18-6-5-7-20(27)24(18)23/h8-13,23,25H,3-7,14H2,1-2H3. The van der Waals surface area contributed by atoms with Crippen LogP contribution >= 0.6 is 0 Å². The number of ether oxygens (including phenoxy) is 2. The zero-order chi connectivity index (χ0) is 20.0. The molecule has 2 heterocycles. The summed E-state index contributed by atoms with van der Waals surface area (Å²) in [5.74, 6) is 1.69. The molecule has 2 aromatic rings. The van der Waals surface area contributed by atoms with Crippen LogP contribution in [-0.2, 0) is 4.79 Å². The van der Waals surface area contributed by atoms with Gasteiger partial charge in [-0.2, -0.15) is 0 Å². The highest BCUT2D eigenvalue weighted by molar-refractivity contribution is 6.01. The number of Topliss-reactive ketones (excluding diaryl/α,β-unsaturated/α-hetero) is 1. The second kappa shape index (κ2) is 7.14. The Bertz CT molecular complexity index is 990. The van der Waals surface area contributed by atoms with Crippen LogP contribution in [0, 0.1) is 0 Å². The number of hydrogen-bond acceptors (Lipinski definition) is 5. The summed E-state index contributed by atoms with van der Waals surface area (Å²) in [6, 6.07) is 12.7. The third-order valence-electron chi connectivity index (χ3n) is 6.24. The number of nitrogens with one attached hydrogen (secondary N) is 1. The Morgan fingerprint density at radius 2 is 1.76 bits per heavy atom. The monoisotopic (exact) mass is 390 g/mol. The molecule has 5 nitrogen and oxygen atoms in total. The highest BCUT2D eigenvalue weighted by atomic mass is 16.7. The predicted octanol–water partition coefficient (Wildman–Crippen LogP) is 4.83. The molecule has 0 fully saturated rings. The Kier molecular flexibility index (Phi) is 4.46. The lowest BCUT2D eigenvalue weighted by Crippen LogP contribution is -2.27. The second-order valence-corrected chi connectivity index (χ2v) is 7.78. The maximum Gasteiger partial charge on any atom is 0.231 e. The molecule has 0 amide bonds. The van der Waals surface area contributed by atoms with Gasteiger partial charge in [0.05, 0.1) is 0 Å². The Balaban J connectivity index is 1.63. The lowest BCUT2D eigenvalue weighted by atomic mass is 9.75. The number of hydrogen-bond donors (Lipinski definition) is 1. The highest BCUT2D eigenvalue weighted by Crippen LogP contribution is 2.49. The van der Waals surface area contributed by atoms with Crippen LogP contribution in [0.2, 0.25) is 0 Å². The van der Waals surface area contributed by atoms with Crippen LogP contribution in [0.15, 0.2) is 47.7 Å². The van der Waals surface area contributed by atoms with Gasteiger partial charge in [-0.15, -0.1) is 0 Å². The predicted molar refractivity (Wildman–Crippen MR) is 114 cm³/mol. The van der Waals surface area contributed by atoms with E-state index in [2.05, 4.69) is 48.3 Å². The first-order valence-electron chi connectivity index (χ1n) is 10.5. The van der Waals surface area contributed by atoms with Gasteiger partial charge in [0.25, 0.3) is 0 Å². The molecule has 0 spiro atoms. The third-order valence-corrected chi connectivity index (χ3v) is 6.24. The number of anilines is 2. The molecule has 0 bridgehead atoms. The highest BCUT2D eigenvalue weighted by Gasteiger charge is 2.36. The van der Waals surface area contributed by atoms with Crippen LogP contribution in [-0.4, -0.2) is 25.7 Å². The van der Waals surface area contributed by atoms with Crippen molar-refractivity contribution >= 4 is 17.2 Å². The van der Waals surface area contributed by atoms with Gasteiger partial charge >= 0.3 is 0 Å². The Morgan fingerprint density at radius 3 is 2.48 bits per heavy atom. The molecule has 2 aliphatic heterocycles. The number of fused-ring (bicyclic) bond motifs is 2. The SMILES string of the molecule is CCN(CC)c1ccc(C2C3=C(CCCC3=O)Nc3cc4c(cc32)OCO4)cc1. The van der Waals surface area contributed by atoms with Gasteiger partial charge in [-0.25, -0.2) is 0 Å². The van der Waals surface area contributed by atoms with Gasteiger partial charge < -0.3 is 19.7 Å². The molecular formula is C24H26N2O3. The summed E-state index contributed by atoms with van der Waals surface area (Å²) < 4.78 is 11.2. The molecule has 2 aromatic carbocycles. The van der Waals surface area contributed by atoms with Crippen molar-refractivity contribution in [3.8, 4) is 11.5 Å². The normalized spacial score (nSPS) is 19.5. The van der Waals surface area contributed by atoms with Crippen LogP contribution in [0.5, 0.6) is 11.5 Å². The van der Waals surface area contributed by atoms with E-state index < -0.39 is 0 Å². The van der Waals surface area contributed by atoms with Gasteiger partial charge in [0.1, 0.15) is 0 Å². The van der Waals surface area contributed by atoms with Gasteiger partial charge in [-0.3, -0.25) is 4.79 Å². The Morgan fingerprint density at radius 1 is 1.03 bits per heavy atom. The molecule has 150 valence electrons. The van der Waals surface area contributed by atoms with Crippen LogP contribution in [0.1, 0.15) is 50.2 Å². The summed E-state index contributed by atoms with van der Waals surface area (Å²) >= 11 is 0. The summed E-state index contributed by atoms with van der Waals surface area (Å²) in [5.41, 5.74) is 6.43. The van der Waals surface area contributed by atoms with Crippen molar-refractivity contribution in [2.45, 2.75) is 39.0 Å². The zero-order valence-electron chi connectivity index (χ0n) is 17.0. The molecule has 0 aromatic heterocycles. The minimum Gasteiger partial charge on any atom is -0.454 e. The maximum atomic E-state index is 13.0. The topological polar surface area (TPSA) is 50.8 Å². The van der Waals surface area contributed by atoms with Crippen molar-refractivity contribution in [3.05, 3.63) is 58.8 Å². The number of carbonyl (C=O) groups excluding carboxylic acids is 1. The Hall–Kier alpha value is -2.95. The average molecular weight is 390 g/mol. The van der Waals surface area contributed by atoms with Gasteiger partial charge in [0, 0.05) is 54.1 Å². The second-order valence-electron chi connectivity index (χ2n) is 7.78.